The van der Waals surface area contributed by atoms with Crippen LogP contribution in [0.4, 0.5) is 0 Å². The van der Waals surface area contributed by atoms with E-state index < -0.39 is 5.54 Å². The quantitative estimate of drug-likeness (QED) is 0.788. The molecule has 6 heteroatoms. The van der Waals surface area contributed by atoms with Gasteiger partial charge in [-0.1, -0.05) is 0 Å². The van der Waals surface area contributed by atoms with Crippen molar-refractivity contribution < 1.29 is 9.59 Å². The number of aryl methyl sites for hydroxylation is 1. The number of nitrogens with one attached hydrogen (secondary N) is 1. The van der Waals surface area contributed by atoms with Crippen molar-refractivity contribution in [2.24, 2.45) is 4.99 Å². The van der Waals surface area contributed by atoms with Crippen LogP contribution in [0.3, 0.4) is 0 Å². The Labute approximate surface area is 116 Å². The van der Waals surface area contributed by atoms with Crippen molar-refractivity contribution in [1.29, 1.82) is 0 Å². The molecule has 0 aromatic carbocycles. The maximum Gasteiger partial charge on any atom is 0.187 e. The first-order chi connectivity index (χ1) is 8.40. The number of aromatic amines is 1. The zero-order valence-electron chi connectivity index (χ0n) is 10.9. The van der Waals surface area contributed by atoms with E-state index in [1.165, 1.54) is 0 Å². The first kappa shape index (κ1) is 13.7. The summed E-state index contributed by atoms with van der Waals surface area (Å²) in [5, 5.41) is 0. The van der Waals surface area contributed by atoms with Gasteiger partial charge in [0.15, 0.2) is 11.6 Å². The van der Waals surface area contributed by atoms with Crippen LogP contribution in [0.5, 0.6) is 0 Å². The molecule has 2 aliphatic rings. The molecule has 1 aromatic rings. The van der Waals surface area contributed by atoms with Crippen LogP contribution in [0.15, 0.2) is 10.6 Å². The van der Waals surface area contributed by atoms with Crippen LogP contribution in [-0.2, 0) is 4.79 Å². The predicted octanol–water partition coefficient (Wildman–Crippen LogP) is 1.91. The summed E-state index contributed by atoms with van der Waals surface area (Å²) in [6.07, 6.45) is 1.81. The molecule has 3 rings (SSSR count). The molecule has 1 N–H and O–H groups in total. The van der Waals surface area contributed by atoms with E-state index in [0.717, 1.165) is 5.57 Å². The van der Waals surface area contributed by atoms with Crippen LogP contribution in [-0.4, -0.2) is 33.3 Å². The van der Waals surface area contributed by atoms with Crippen LogP contribution in [0.2, 0.25) is 0 Å². The molecule has 100 valence electrons. The van der Waals surface area contributed by atoms with E-state index in [9.17, 15) is 9.59 Å². The lowest BCUT2D eigenvalue weighted by molar-refractivity contribution is -0.119. The SMILES string of the molecule is Cc1nc2c([nH]1)C1=C(CC2=O)C(=O)C(C)(C)N=C1.Cl. The Balaban J connectivity index is 0.00000133. The lowest BCUT2D eigenvalue weighted by Crippen LogP contribution is -2.36. The Morgan fingerprint density at radius 3 is 2.68 bits per heavy atom. The monoisotopic (exact) mass is 279 g/mol. The molecule has 0 amide bonds. The first-order valence-electron chi connectivity index (χ1n) is 5.83. The molecule has 0 saturated carbocycles. The molecule has 0 unspecified atom stereocenters. The van der Waals surface area contributed by atoms with E-state index in [0.29, 0.717) is 22.8 Å². The number of imidazole rings is 1. The minimum atomic E-state index is -0.772. The van der Waals surface area contributed by atoms with E-state index in [1.807, 2.05) is 0 Å². The lowest BCUT2D eigenvalue weighted by atomic mass is 9.81. The predicted molar refractivity (Wildman–Crippen MR) is 74.0 cm³/mol. The molecule has 0 bridgehead atoms. The van der Waals surface area contributed by atoms with E-state index >= 15 is 0 Å². The van der Waals surface area contributed by atoms with Crippen LogP contribution in [0, 0.1) is 6.92 Å². The van der Waals surface area contributed by atoms with Gasteiger partial charge in [0.1, 0.15) is 17.1 Å². The highest BCUT2D eigenvalue weighted by Gasteiger charge is 2.39. The van der Waals surface area contributed by atoms with Gasteiger partial charge in [-0.05, 0) is 20.8 Å². The minimum absolute atomic E-state index is 0. The normalized spacial score (nSPS) is 19.9. The second-order valence-corrected chi connectivity index (χ2v) is 5.18. The van der Waals surface area contributed by atoms with Gasteiger partial charge in [-0.25, -0.2) is 4.98 Å². The number of fused-ring (bicyclic) bond motifs is 2. The Hall–Kier alpha value is -1.75. The number of hydrogen-bond donors (Lipinski definition) is 1. The highest BCUT2D eigenvalue weighted by molar-refractivity contribution is 6.29. The van der Waals surface area contributed by atoms with E-state index in [-0.39, 0.29) is 30.4 Å². The van der Waals surface area contributed by atoms with Crippen molar-refractivity contribution in [2.75, 3.05) is 0 Å². The Kier molecular flexibility index (Phi) is 2.97. The van der Waals surface area contributed by atoms with Crippen molar-refractivity contribution >= 4 is 35.8 Å². The van der Waals surface area contributed by atoms with Gasteiger partial charge in [0.05, 0.1) is 5.69 Å². The molecule has 1 aromatic heterocycles. The summed E-state index contributed by atoms with van der Waals surface area (Å²) in [5.41, 5.74) is 1.55. The number of allylic oxidation sites excluding steroid dienone is 1. The number of carbonyl (C=O) groups excluding carboxylic acids is 2. The zero-order chi connectivity index (χ0) is 13.1. The maximum absolute atomic E-state index is 12.3. The number of Topliss-reactive ketones (excluding diaryl/α,β-unsaturated/α-hetero) is 2. The summed E-state index contributed by atoms with van der Waals surface area (Å²) in [6, 6.07) is 0. The number of carbonyl (C=O) groups is 2. The fraction of sp³-hybridized carbons (Fsp3) is 0.385. The number of ketones is 2. The van der Waals surface area contributed by atoms with Gasteiger partial charge in [0, 0.05) is 23.8 Å². The number of hydrogen-bond acceptors (Lipinski definition) is 4. The van der Waals surface area contributed by atoms with E-state index in [4.69, 9.17) is 0 Å². The zero-order valence-corrected chi connectivity index (χ0v) is 11.7. The van der Waals surface area contributed by atoms with Crippen molar-refractivity contribution in [2.45, 2.75) is 32.7 Å². The second-order valence-electron chi connectivity index (χ2n) is 5.18. The molecule has 0 radical (unpaired) electrons. The average Bonchev–Trinajstić information content (AvgIpc) is 2.67. The van der Waals surface area contributed by atoms with Crippen molar-refractivity contribution in [3.8, 4) is 0 Å². The molecule has 0 saturated heterocycles. The summed E-state index contributed by atoms with van der Waals surface area (Å²) in [4.78, 5) is 35.8. The van der Waals surface area contributed by atoms with Crippen LogP contribution >= 0.6 is 12.4 Å². The number of H-pyrrole nitrogens is 1. The molecule has 0 spiro atoms. The molecule has 5 nitrogen and oxygen atoms in total. The third-order valence-corrected chi connectivity index (χ3v) is 3.36. The smallest absolute Gasteiger partial charge is 0.187 e. The molecule has 19 heavy (non-hydrogen) atoms. The number of halogens is 1. The minimum Gasteiger partial charge on any atom is -0.342 e. The van der Waals surface area contributed by atoms with Gasteiger partial charge >= 0.3 is 0 Å². The second kappa shape index (κ2) is 4.13. The molecule has 1 aliphatic heterocycles. The summed E-state index contributed by atoms with van der Waals surface area (Å²) < 4.78 is 0. The molecule has 0 fully saturated rings. The third kappa shape index (κ3) is 1.85. The van der Waals surface area contributed by atoms with Gasteiger partial charge in [-0.2, -0.15) is 0 Å². The van der Waals surface area contributed by atoms with Crippen LogP contribution in [0.1, 0.15) is 42.3 Å². The van der Waals surface area contributed by atoms with Gasteiger partial charge < -0.3 is 4.98 Å². The van der Waals surface area contributed by atoms with E-state index in [1.54, 1.807) is 27.0 Å². The fourth-order valence-electron chi connectivity index (χ4n) is 2.38. The maximum atomic E-state index is 12.3. The van der Waals surface area contributed by atoms with Crippen molar-refractivity contribution in [1.82, 2.24) is 9.97 Å². The summed E-state index contributed by atoms with van der Waals surface area (Å²) in [6.45, 7) is 5.30. The first-order valence-corrected chi connectivity index (χ1v) is 5.83. The average molecular weight is 280 g/mol. The summed E-state index contributed by atoms with van der Waals surface area (Å²) in [5.74, 6) is 0.492. The molecule has 1 aliphatic carbocycles. The summed E-state index contributed by atoms with van der Waals surface area (Å²) >= 11 is 0. The standard InChI is InChI=1S/C13H13N3O2.ClH/c1-6-15-10-8-5-14-13(2,3)12(18)7(8)4-9(17)11(10)16-6;/h5H,4H2,1-3H3,(H,15,16);1H. The molecule has 2 heterocycles. The molecule has 0 atom stereocenters. The van der Waals surface area contributed by atoms with Crippen molar-refractivity contribution in [3.63, 3.8) is 0 Å². The van der Waals surface area contributed by atoms with Crippen LogP contribution < -0.4 is 0 Å². The van der Waals surface area contributed by atoms with Crippen molar-refractivity contribution in [3.05, 3.63) is 22.8 Å². The van der Waals surface area contributed by atoms with E-state index in [2.05, 4.69) is 15.0 Å². The lowest BCUT2D eigenvalue weighted by Gasteiger charge is -2.27. The van der Waals surface area contributed by atoms with Gasteiger partial charge in [0.25, 0.3) is 0 Å². The van der Waals surface area contributed by atoms with Gasteiger partial charge in [-0.15, -0.1) is 12.4 Å². The Morgan fingerprint density at radius 2 is 2.00 bits per heavy atom. The van der Waals surface area contributed by atoms with Gasteiger partial charge in [0.2, 0.25) is 0 Å². The summed E-state index contributed by atoms with van der Waals surface area (Å²) in [7, 11) is 0. The Morgan fingerprint density at radius 1 is 1.32 bits per heavy atom. The number of aromatic nitrogens is 2. The number of rotatable bonds is 0. The Bertz CT molecular complexity index is 653. The highest BCUT2D eigenvalue weighted by Crippen LogP contribution is 2.35. The highest BCUT2D eigenvalue weighted by atomic mass is 35.5. The van der Waals surface area contributed by atoms with Gasteiger partial charge in [-0.3, -0.25) is 14.6 Å². The number of aliphatic imine (C=N–C) groups is 1. The topological polar surface area (TPSA) is 75.2 Å². The van der Waals surface area contributed by atoms with Crippen LogP contribution in [0.25, 0.3) is 5.57 Å². The molecular weight excluding hydrogens is 266 g/mol. The third-order valence-electron chi connectivity index (χ3n) is 3.36. The number of nitrogens with zero attached hydrogens (tertiary/aromatic N) is 2. The fourth-order valence-corrected chi connectivity index (χ4v) is 2.38. The molecular formula is C13H14ClN3O2. The largest absolute Gasteiger partial charge is 0.342 e. The number of dihydropyridines is 1.